The molecule has 2 rings (SSSR count). The van der Waals surface area contributed by atoms with Crippen LogP contribution in [0.1, 0.15) is 46.9 Å². The van der Waals surface area contributed by atoms with Crippen molar-refractivity contribution >= 4 is 5.96 Å². The van der Waals surface area contributed by atoms with Crippen molar-refractivity contribution in [1.29, 1.82) is 0 Å². The van der Waals surface area contributed by atoms with Crippen LogP contribution < -0.4 is 5.32 Å². The topological polar surface area (TPSA) is 65.7 Å². The van der Waals surface area contributed by atoms with Crippen LogP contribution in [0.3, 0.4) is 0 Å². The minimum Gasteiger partial charge on any atom is -0.374 e. The molecule has 0 spiro atoms. The van der Waals surface area contributed by atoms with E-state index in [-0.39, 0.29) is 17.5 Å². The summed E-state index contributed by atoms with van der Waals surface area (Å²) in [5, 5.41) is 13.6. The van der Waals surface area contributed by atoms with E-state index in [1.54, 1.807) is 0 Å². The van der Waals surface area contributed by atoms with Crippen LogP contribution >= 0.6 is 0 Å². The summed E-state index contributed by atoms with van der Waals surface area (Å²) < 4.78 is 42.0. The molecule has 1 aliphatic rings. The summed E-state index contributed by atoms with van der Waals surface area (Å²) in [5.74, 6) is 0.131. The molecule has 0 saturated carbocycles. The summed E-state index contributed by atoms with van der Waals surface area (Å²) in [6.07, 6.45) is -2.83. The quantitative estimate of drug-likeness (QED) is 0.600. The normalized spacial score (nSPS) is 21.6. The molecule has 1 atom stereocenters. The van der Waals surface area contributed by atoms with Gasteiger partial charge in [0.05, 0.1) is 0 Å². The Morgan fingerprint density at radius 2 is 1.96 bits per heavy atom. The Balaban J connectivity index is 2.22. The largest absolute Gasteiger partial charge is 0.424 e. The second-order valence-corrected chi connectivity index (χ2v) is 8.23. The van der Waals surface area contributed by atoms with Crippen LogP contribution in [-0.2, 0) is 12.6 Å². The van der Waals surface area contributed by atoms with Gasteiger partial charge in [-0.1, -0.05) is 13.8 Å². The molecular formula is C18H30F3N5O. The van der Waals surface area contributed by atoms with Gasteiger partial charge in [0.1, 0.15) is 5.82 Å². The Bertz CT molecular complexity index is 695. The van der Waals surface area contributed by atoms with E-state index in [1.165, 1.54) is 24.0 Å². The van der Waals surface area contributed by atoms with E-state index in [4.69, 9.17) is 0 Å². The number of nitrogens with zero attached hydrogens (tertiary/aromatic N) is 4. The SMILES string of the molecule is CCNC(=NCCC(O)(c1nccn1C)C(F)(F)F)N1CC(C)(C)C1(C)C. The maximum atomic E-state index is 13.6. The predicted molar refractivity (Wildman–Crippen MR) is 98.3 cm³/mol. The molecule has 0 aromatic carbocycles. The van der Waals surface area contributed by atoms with Gasteiger partial charge in [-0.05, 0) is 20.8 Å². The smallest absolute Gasteiger partial charge is 0.374 e. The Morgan fingerprint density at radius 1 is 1.33 bits per heavy atom. The summed E-state index contributed by atoms with van der Waals surface area (Å²) in [7, 11) is 1.43. The minimum absolute atomic E-state index is 0.0723. The maximum absolute atomic E-state index is 13.6. The van der Waals surface area contributed by atoms with Crippen molar-refractivity contribution in [2.45, 2.75) is 58.4 Å². The van der Waals surface area contributed by atoms with Crippen molar-refractivity contribution < 1.29 is 18.3 Å². The second-order valence-electron chi connectivity index (χ2n) is 8.23. The van der Waals surface area contributed by atoms with Crippen LogP contribution in [-0.4, -0.2) is 56.9 Å². The van der Waals surface area contributed by atoms with Crippen LogP contribution in [0.15, 0.2) is 17.4 Å². The van der Waals surface area contributed by atoms with Gasteiger partial charge in [-0.25, -0.2) is 4.98 Å². The fourth-order valence-corrected chi connectivity index (χ4v) is 3.26. The van der Waals surface area contributed by atoms with Gasteiger partial charge in [0.2, 0.25) is 5.60 Å². The predicted octanol–water partition coefficient (Wildman–Crippen LogP) is 2.65. The van der Waals surface area contributed by atoms with Gasteiger partial charge in [-0.15, -0.1) is 0 Å². The Kier molecular flexibility index (Phi) is 5.58. The molecule has 0 amide bonds. The highest BCUT2D eigenvalue weighted by molar-refractivity contribution is 5.82. The fraction of sp³-hybridized carbons (Fsp3) is 0.778. The molecule has 9 heteroatoms. The molecule has 0 aliphatic carbocycles. The van der Waals surface area contributed by atoms with Gasteiger partial charge < -0.3 is 19.9 Å². The Hall–Kier alpha value is -1.77. The molecule has 2 heterocycles. The van der Waals surface area contributed by atoms with Crippen LogP contribution in [0.25, 0.3) is 0 Å². The minimum atomic E-state index is -4.85. The Morgan fingerprint density at radius 3 is 2.37 bits per heavy atom. The standard InChI is InChI=1S/C18H30F3N5O/c1-7-22-14(26-12-15(2,3)16(26,4)5)24-9-8-17(27,18(19,20)21)13-23-10-11-25(13)6/h10-11,27H,7-9,12H2,1-6H3,(H,22,24). The number of likely N-dealkylation sites (tertiary alicyclic amines) is 1. The van der Waals surface area contributed by atoms with Crippen molar-refractivity contribution in [1.82, 2.24) is 19.8 Å². The average Bonchev–Trinajstić information content (AvgIpc) is 2.97. The van der Waals surface area contributed by atoms with Gasteiger partial charge in [0, 0.05) is 56.5 Å². The molecule has 6 nitrogen and oxygen atoms in total. The summed E-state index contributed by atoms with van der Waals surface area (Å²) in [5.41, 5.74) is -3.15. The van der Waals surface area contributed by atoms with Crippen LogP contribution in [0.5, 0.6) is 0 Å². The lowest BCUT2D eigenvalue weighted by molar-refractivity contribution is -0.272. The number of rotatable bonds is 5. The highest BCUT2D eigenvalue weighted by Crippen LogP contribution is 2.46. The van der Waals surface area contributed by atoms with E-state index in [2.05, 4.69) is 47.9 Å². The van der Waals surface area contributed by atoms with Crippen LogP contribution in [0, 0.1) is 5.41 Å². The summed E-state index contributed by atoms with van der Waals surface area (Å²) in [6.45, 7) is 11.6. The first-order chi connectivity index (χ1) is 12.3. The number of aromatic nitrogens is 2. The lowest BCUT2D eigenvalue weighted by Crippen LogP contribution is -2.72. The van der Waals surface area contributed by atoms with Gasteiger partial charge in [0.15, 0.2) is 5.96 Å². The zero-order valence-electron chi connectivity index (χ0n) is 16.9. The van der Waals surface area contributed by atoms with E-state index in [0.29, 0.717) is 12.5 Å². The van der Waals surface area contributed by atoms with Crippen molar-refractivity contribution in [2.75, 3.05) is 19.6 Å². The number of imidazole rings is 1. The average molecular weight is 389 g/mol. The number of aliphatic imine (C=N–C) groups is 1. The number of guanidine groups is 1. The van der Waals surface area contributed by atoms with Crippen molar-refractivity contribution in [3.05, 3.63) is 18.2 Å². The first-order valence-corrected chi connectivity index (χ1v) is 9.11. The lowest BCUT2D eigenvalue weighted by Gasteiger charge is -2.62. The van der Waals surface area contributed by atoms with Crippen molar-refractivity contribution in [3.8, 4) is 0 Å². The van der Waals surface area contributed by atoms with Gasteiger partial charge in [-0.2, -0.15) is 13.2 Å². The summed E-state index contributed by atoms with van der Waals surface area (Å²) in [4.78, 5) is 10.1. The third-order valence-electron chi connectivity index (χ3n) is 5.87. The van der Waals surface area contributed by atoms with E-state index in [0.717, 1.165) is 6.54 Å². The summed E-state index contributed by atoms with van der Waals surface area (Å²) in [6, 6.07) is 0. The van der Waals surface area contributed by atoms with Crippen molar-refractivity contribution in [2.24, 2.45) is 17.5 Å². The van der Waals surface area contributed by atoms with E-state index >= 15 is 0 Å². The highest BCUT2D eigenvalue weighted by atomic mass is 19.4. The molecular weight excluding hydrogens is 359 g/mol. The highest BCUT2D eigenvalue weighted by Gasteiger charge is 2.57. The van der Waals surface area contributed by atoms with Crippen molar-refractivity contribution in [3.63, 3.8) is 0 Å². The summed E-state index contributed by atoms with van der Waals surface area (Å²) >= 11 is 0. The van der Waals surface area contributed by atoms with Crippen LogP contribution in [0.4, 0.5) is 13.2 Å². The van der Waals surface area contributed by atoms with Gasteiger partial charge in [-0.3, -0.25) is 4.99 Å². The van der Waals surface area contributed by atoms with E-state index < -0.39 is 24.0 Å². The monoisotopic (exact) mass is 389 g/mol. The molecule has 0 radical (unpaired) electrons. The molecule has 1 aromatic rings. The Labute approximate surface area is 158 Å². The number of alkyl halides is 3. The number of hydrogen-bond donors (Lipinski definition) is 2. The zero-order chi connectivity index (χ0) is 20.7. The lowest BCUT2D eigenvalue weighted by atomic mass is 9.65. The number of aryl methyl sites for hydroxylation is 1. The first-order valence-electron chi connectivity index (χ1n) is 9.11. The third kappa shape index (κ3) is 3.66. The molecule has 1 aromatic heterocycles. The first kappa shape index (κ1) is 21.5. The molecule has 1 unspecified atom stereocenters. The second kappa shape index (κ2) is 7.00. The molecule has 154 valence electrons. The van der Waals surface area contributed by atoms with E-state index in [9.17, 15) is 18.3 Å². The molecule has 1 fully saturated rings. The molecule has 1 aliphatic heterocycles. The van der Waals surface area contributed by atoms with Gasteiger partial charge in [0.25, 0.3) is 0 Å². The molecule has 27 heavy (non-hydrogen) atoms. The zero-order valence-corrected chi connectivity index (χ0v) is 16.9. The molecule has 2 N–H and O–H groups in total. The van der Waals surface area contributed by atoms with E-state index in [1.807, 2.05) is 6.92 Å². The van der Waals surface area contributed by atoms with Gasteiger partial charge >= 0.3 is 6.18 Å². The number of nitrogens with one attached hydrogen (secondary N) is 1. The van der Waals surface area contributed by atoms with Crippen LogP contribution in [0.2, 0.25) is 0 Å². The molecule has 1 saturated heterocycles. The maximum Gasteiger partial charge on any atom is 0.424 e. The number of halogens is 3. The third-order valence-corrected chi connectivity index (χ3v) is 5.87. The molecule has 0 bridgehead atoms. The number of aliphatic hydroxyl groups is 1. The number of hydrogen-bond acceptors (Lipinski definition) is 3. The fourth-order valence-electron chi connectivity index (χ4n) is 3.26.